The average molecular weight is 375 g/mol. The second-order valence-electron chi connectivity index (χ2n) is 4.78. The SMILES string of the molecule is O=C1NCc2cc(-c3nc4ccccc4[nH]3)cc(I)c21. The molecule has 0 unspecified atom stereocenters. The van der Waals surface area contributed by atoms with E-state index in [2.05, 4.69) is 37.9 Å². The molecule has 2 N–H and O–H groups in total. The van der Waals surface area contributed by atoms with Gasteiger partial charge in [0.25, 0.3) is 5.91 Å². The van der Waals surface area contributed by atoms with Crippen molar-refractivity contribution in [3.63, 3.8) is 0 Å². The van der Waals surface area contributed by atoms with Crippen molar-refractivity contribution >= 4 is 39.5 Å². The lowest BCUT2D eigenvalue weighted by Crippen LogP contribution is -2.13. The number of fused-ring (bicyclic) bond motifs is 2. The van der Waals surface area contributed by atoms with Crippen LogP contribution in [0.5, 0.6) is 0 Å². The fourth-order valence-corrected chi connectivity index (χ4v) is 3.47. The standard InChI is InChI=1S/C15H10IN3O/c16-10-6-8(5-9-7-17-15(20)13(9)10)14-18-11-3-1-2-4-12(11)19-14/h1-6H,7H2,(H,17,20)(H,18,19). The van der Waals surface area contributed by atoms with Gasteiger partial charge in [0.05, 0.1) is 16.6 Å². The largest absolute Gasteiger partial charge is 0.348 e. The average Bonchev–Trinajstić information content (AvgIpc) is 3.02. The van der Waals surface area contributed by atoms with Crippen LogP contribution in [-0.2, 0) is 6.54 Å². The lowest BCUT2D eigenvalue weighted by Gasteiger charge is -2.03. The van der Waals surface area contributed by atoms with Gasteiger partial charge in [-0.15, -0.1) is 0 Å². The summed E-state index contributed by atoms with van der Waals surface area (Å²) in [4.78, 5) is 19.7. The molecule has 1 aromatic heterocycles. The second kappa shape index (κ2) is 4.31. The third-order valence-electron chi connectivity index (χ3n) is 3.50. The van der Waals surface area contributed by atoms with Crippen LogP contribution in [0.3, 0.4) is 0 Å². The highest BCUT2D eigenvalue weighted by Crippen LogP contribution is 2.29. The molecule has 5 heteroatoms. The summed E-state index contributed by atoms with van der Waals surface area (Å²) in [5.74, 6) is 0.854. The van der Waals surface area contributed by atoms with Crippen molar-refractivity contribution in [2.45, 2.75) is 6.54 Å². The van der Waals surface area contributed by atoms with Gasteiger partial charge in [0.15, 0.2) is 0 Å². The van der Waals surface area contributed by atoms with Gasteiger partial charge in [0.1, 0.15) is 5.82 Å². The Balaban J connectivity index is 1.90. The first-order valence-electron chi connectivity index (χ1n) is 6.28. The second-order valence-corrected chi connectivity index (χ2v) is 5.94. The number of aromatic amines is 1. The number of para-hydroxylation sites is 2. The summed E-state index contributed by atoms with van der Waals surface area (Å²) < 4.78 is 0.963. The molecule has 4 rings (SSSR count). The molecule has 1 amide bonds. The lowest BCUT2D eigenvalue weighted by atomic mass is 10.1. The number of nitrogens with zero attached hydrogens (tertiary/aromatic N) is 1. The van der Waals surface area contributed by atoms with Gasteiger partial charge in [-0.1, -0.05) is 12.1 Å². The maximum absolute atomic E-state index is 11.7. The maximum atomic E-state index is 11.7. The van der Waals surface area contributed by atoms with E-state index < -0.39 is 0 Å². The molecule has 1 aliphatic heterocycles. The van der Waals surface area contributed by atoms with E-state index in [0.29, 0.717) is 6.54 Å². The Kier molecular flexibility index (Phi) is 2.56. The fraction of sp³-hybridized carbons (Fsp3) is 0.0667. The number of carbonyl (C=O) groups is 1. The molecule has 1 aliphatic rings. The highest BCUT2D eigenvalue weighted by atomic mass is 127. The van der Waals surface area contributed by atoms with Crippen LogP contribution in [0.1, 0.15) is 15.9 Å². The van der Waals surface area contributed by atoms with E-state index in [4.69, 9.17) is 0 Å². The molecule has 0 aliphatic carbocycles. The van der Waals surface area contributed by atoms with E-state index in [9.17, 15) is 4.79 Å². The Morgan fingerprint density at radius 2 is 2.05 bits per heavy atom. The maximum Gasteiger partial charge on any atom is 0.252 e. The van der Waals surface area contributed by atoms with E-state index in [1.54, 1.807) is 0 Å². The molecule has 0 radical (unpaired) electrons. The fourth-order valence-electron chi connectivity index (χ4n) is 2.55. The zero-order valence-electron chi connectivity index (χ0n) is 10.4. The summed E-state index contributed by atoms with van der Waals surface area (Å²) in [7, 11) is 0. The van der Waals surface area contributed by atoms with Crippen molar-refractivity contribution in [3.8, 4) is 11.4 Å². The van der Waals surface area contributed by atoms with Crippen LogP contribution in [0.4, 0.5) is 0 Å². The zero-order valence-corrected chi connectivity index (χ0v) is 12.6. The Bertz CT molecular complexity index is 820. The van der Waals surface area contributed by atoms with Gasteiger partial charge in [-0.3, -0.25) is 4.79 Å². The number of hydrogen-bond donors (Lipinski definition) is 2. The van der Waals surface area contributed by atoms with Crippen LogP contribution in [0, 0.1) is 3.57 Å². The number of amides is 1. The van der Waals surface area contributed by atoms with Gasteiger partial charge in [-0.2, -0.15) is 0 Å². The summed E-state index contributed by atoms with van der Waals surface area (Å²) in [6.07, 6.45) is 0. The predicted octanol–water partition coefficient (Wildman–Crippen LogP) is 3.08. The number of hydrogen-bond acceptors (Lipinski definition) is 2. The zero-order chi connectivity index (χ0) is 13.7. The highest BCUT2D eigenvalue weighted by molar-refractivity contribution is 14.1. The van der Waals surface area contributed by atoms with Gasteiger partial charge in [-0.05, 0) is 52.4 Å². The van der Waals surface area contributed by atoms with Crippen LogP contribution in [0.25, 0.3) is 22.4 Å². The Labute approximate surface area is 128 Å². The molecular formula is C15H10IN3O. The Hall–Kier alpha value is -1.89. The molecule has 4 nitrogen and oxygen atoms in total. The summed E-state index contributed by atoms with van der Waals surface area (Å²) >= 11 is 2.21. The van der Waals surface area contributed by atoms with Crippen molar-refractivity contribution < 1.29 is 4.79 Å². The van der Waals surface area contributed by atoms with E-state index in [-0.39, 0.29) is 5.91 Å². The minimum Gasteiger partial charge on any atom is -0.348 e. The minimum atomic E-state index is 0.0144. The Morgan fingerprint density at radius 3 is 2.90 bits per heavy atom. The van der Waals surface area contributed by atoms with Crippen molar-refractivity contribution in [2.24, 2.45) is 0 Å². The van der Waals surface area contributed by atoms with Crippen molar-refractivity contribution in [1.29, 1.82) is 0 Å². The van der Waals surface area contributed by atoms with Gasteiger partial charge in [0, 0.05) is 15.7 Å². The normalized spacial score (nSPS) is 13.6. The molecule has 2 aromatic carbocycles. The van der Waals surface area contributed by atoms with E-state index in [0.717, 1.165) is 37.1 Å². The molecular weight excluding hydrogens is 365 g/mol. The first-order valence-corrected chi connectivity index (χ1v) is 7.36. The molecule has 98 valence electrons. The highest BCUT2D eigenvalue weighted by Gasteiger charge is 2.23. The molecule has 0 saturated heterocycles. The van der Waals surface area contributed by atoms with Crippen molar-refractivity contribution in [3.05, 3.63) is 51.1 Å². The molecule has 0 spiro atoms. The van der Waals surface area contributed by atoms with Gasteiger partial charge in [0.2, 0.25) is 0 Å². The minimum absolute atomic E-state index is 0.0144. The molecule has 0 bridgehead atoms. The number of benzene rings is 2. The van der Waals surface area contributed by atoms with Crippen LogP contribution in [0.15, 0.2) is 36.4 Å². The smallest absolute Gasteiger partial charge is 0.252 e. The van der Waals surface area contributed by atoms with Crippen LogP contribution >= 0.6 is 22.6 Å². The molecule has 0 atom stereocenters. The van der Waals surface area contributed by atoms with E-state index in [1.807, 2.05) is 36.4 Å². The van der Waals surface area contributed by atoms with Crippen LogP contribution < -0.4 is 5.32 Å². The number of carbonyl (C=O) groups excluding carboxylic acids is 1. The number of H-pyrrole nitrogens is 1. The van der Waals surface area contributed by atoms with E-state index in [1.165, 1.54) is 0 Å². The van der Waals surface area contributed by atoms with E-state index >= 15 is 0 Å². The summed E-state index contributed by atoms with van der Waals surface area (Å²) in [5, 5.41) is 2.86. The molecule has 0 saturated carbocycles. The van der Waals surface area contributed by atoms with Crippen LogP contribution in [0.2, 0.25) is 0 Å². The topological polar surface area (TPSA) is 57.8 Å². The van der Waals surface area contributed by atoms with Crippen LogP contribution in [-0.4, -0.2) is 15.9 Å². The lowest BCUT2D eigenvalue weighted by molar-refractivity contribution is 0.0965. The van der Waals surface area contributed by atoms with Crippen molar-refractivity contribution in [2.75, 3.05) is 0 Å². The number of nitrogens with one attached hydrogen (secondary N) is 2. The Morgan fingerprint density at radius 1 is 1.20 bits per heavy atom. The van der Waals surface area contributed by atoms with Gasteiger partial charge in [-0.25, -0.2) is 4.98 Å². The number of halogens is 1. The number of imidazole rings is 1. The predicted molar refractivity (Wildman–Crippen MR) is 85.4 cm³/mol. The van der Waals surface area contributed by atoms with Gasteiger partial charge < -0.3 is 10.3 Å². The third-order valence-corrected chi connectivity index (χ3v) is 4.35. The first-order chi connectivity index (χ1) is 9.72. The summed E-state index contributed by atoms with van der Waals surface area (Å²) in [5.41, 5.74) is 4.82. The molecule has 20 heavy (non-hydrogen) atoms. The summed E-state index contributed by atoms with van der Waals surface area (Å²) in [6, 6.07) is 12.0. The molecule has 3 aromatic rings. The first kappa shape index (κ1) is 11.9. The van der Waals surface area contributed by atoms with Crippen molar-refractivity contribution in [1.82, 2.24) is 15.3 Å². The number of aromatic nitrogens is 2. The molecule has 0 fully saturated rings. The monoisotopic (exact) mass is 375 g/mol. The quantitative estimate of drug-likeness (QED) is 0.643. The third kappa shape index (κ3) is 1.73. The molecule has 2 heterocycles. The number of rotatable bonds is 1. The summed E-state index contributed by atoms with van der Waals surface area (Å²) in [6.45, 7) is 0.595. The van der Waals surface area contributed by atoms with Gasteiger partial charge >= 0.3 is 0 Å².